The molecule has 0 aliphatic carbocycles. The summed E-state index contributed by atoms with van der Waals surface area (Å²) >= 11 is 5.91. The summed E-state index contributed by atoms with van der Waals surface area (Å²) in [5.41, 5.74) is 6.80. The van der Waals surface area contributed by atoms with Crippen molar-refractivity contribution >= 4 is 28.7 Å². The number of rotatable bonds is 3. The maximum atomic E-state index is 13.3. The fourth-order valence-electron chi connectivity index (χ4n) is 1.57. The van der Waals surface area contributed by atoms with E-state index in [9.17, 15) is 4.39 Å². The van der Waals surface area contributed by atoms with Crippen LogP contribution in [0, 0.1) is 5.82 Å². The summed E-state index contributed by atoms with van der Waals surface area (Å²) in [7, 11) is 1.54. The van der Waals surface area contributed by atoms with E-state index in [4.69, 9.17) is 22.1 Å². The Balaban J connectivity index is 2.39. The normalized spacial score (nSPS) is 10.2. The Morgan fingerprint density at radius 2 is 2.00 bits per heavy atom. The van der Waals surface area contributed by atoms with E-state index < -0.39 is 5.82 Å². The van der Waals surface area contributed by atoms with Gasteiger partial charge < -0.3 is 15.8 Å². The molecule has 0 heterocycles. The summed E-state index contributed by atoms with van der Waals surface area (Å²) in [5, 5.41) is 3.55. The molecule has 2 rings (SSSR count). The first-order valence-corrected chi connectivity index (χ1v) is 5.64. The Morgan fingerprint density at radius 3 is 2.72 bits per heavy atom. The van der Waals surface area contributed by atoms with Crippen LogP contribution in [-0.4, -0.2) is 7.11 Å². The predicted octanol–water partition coefficient (Wildman–Crippen LogP) is 3.81. The van der Waals surface area contributed by atoms with E-state index in [0.717, 1.165) is 0 Å². The number of nitrogens with one attached hydrogen (secondary N) is 1. The molecular formula is C13H12ClFN2O. The molecule has 0 atom stereocenters. The van der Waals surface area contributed by atoms with Crippen LogP contribution in [0.25, 0.3) is 0 Å². The van der Waals surface area contributed by atoms with Gasteiger partial charge in [-0.3, -0.25) is 0 Å². The minimum Gasteiger partial charge on any atom is -0.495 e. The third-order valence-electron chi connectivity index (χ3n) is 2.48. The Hall–Kier alpha value is -1.94. The standard InChI is InChI=1S/C13H12ClFN2O/c1-18-12-6-5-8(14)7-11(12)17-10-4-2-3-9(15)13(10)16/h2-7,17H,16H2,1H3. The lowest BCUT2D eigenvalue weighted by Gasteiger charge is -2.13. The zero-order valence-corrected chi connectivity index (χ0v) is 10.5. The van der Waals surface area contributed by atoms with Gasteiger partial charge in [-0.15, -0.1) is 0 Å². The number of hydrogen-bond acceptors (Lipinski definition) is 3. The highest BCUT2D eigenvalue weighted by molar-refractivity contribution is 6.31. The fourth-order valence-corrected chi connectivity index (χ4v) is 1.74. The zero-order valence-electron chi connectivity index (χ0n) is 9.71. The first-order chi connectivity index (χ1) is 8.61. The van der Waals surface area contributed by atoms with Crippen molar-refractivity contribution in [2.75, 3.05) is 18.2 Å². The van der Waals surface area contributed by atoms with Crippen molar-refractivity contribution in [1.82, 2.24) is 0 Å². The topological polar surface area (TPSA) is 47.3 Å². The van der Waals surface area contributed by atoms with Gasteiger partial charge in [-0.25, -0.2) is 4.39 Å². The highest BCUT2D eigenvalue weighted by atomic mass is 35.5. The minimum absolute atomic E-state index is 0.0551. The molecule has 0 aliphatic heterocycles. The Labute approximate surface area is 109 Å². The Bertz CT molecular complexity index is 575. The summed E-state index contributed by atoms with van der Waals surface area (Å²) in [6.45, 7) is 0. The largest absolute Gasteiger partial charge is 0.495 e. The summed E-state index contributed by atoms with van der Waals surface area (Å²) in [6, 6.07) is 9.67. The number of methoxy groups -OCH3 is 1. The summed E-state index contributed by atoms with van der Waals surface area (Å²) in [5.74, 6) is 0.129. The van der Waals surface area contributed by atoms with Gasteiger partial charge >= 0.3 is 0 Å². The van der Waals surface area contributed by atoms with Crippen LogP contribution in [0.2, 0.25) is 5.02 Å². The van der Waals surface area contributed by atoms with Crippen molar-refractivity contribution < 1.29 is 9.13 Å². The van der Waals surface area contributed by atoms with Gasteiger partial charge in [0.1, 0.15) is 11.6 Å². The number of nitrogens with two attached hydrogens (primary N) is 1. The van der Waals surface area contributed by atoms with Crippen molar-refractivity contribution in [2.24, 2.45) is 0 Å². The van der Waals surface area contributed by atoms with Crippen LogP contribution < -0.4 is 15.8 Å². The number of nitrogen functional groups attached to an aromatic ring is 1. The first kappa shape index (κ1) is 12.5. The fraction of sp³-hybridized carbons (Fsp3) is 0.0769. The van der Waals surface area contributed by atoms with E-state index in [-0.39, 0.29) is 5.69 Å². The highest BCUT2D eigenvalue weighted by Crippen LogP contribution is 2.32. The second kappa shape index (κ2) is 5.14. The first-order valence-electron chi connectivity index (χ1n) is 5.26. The summed E-state index contributed by atoms with van der Waals surface area (Å²) in [6.07, 6.45) is 0. The third kappa shape index (κ3) is 2.49. The minimum atomic E-state index is -0.471. The van der Waals surface area contributed by atoms with Gasteiger partial charge in [0.25, 0.3) is 0 Å². The molecule has 0 unspecified atom stereocenters. The monoisotopic (exact) mass is 266 g/mol. The molecule has 2 aromatic rings. The maximum absolute atomic E-state index is 13.3. The molecule has 18 heavy (non-hydrogen) atoms. The average molecular weight is 267 g/mol. The van der Waals surface area contributed by atoms with Crippen LogP contribution in [0.5, 0.6) is 5.75 Å². The van der Waals surface area contributed by atoms with Gasteiger partial charge in [0.05, 0.1) is 24.2 Å². The molecule has 3 N–H and O–H groups in total. The van der Waals surface area contributed by atoms with Crippen molar-refractivity contribution in [3.63, 3.8) is 0 Å². The zero-order chi connectivity index (χ0) is 13.1. The lowest BCUT2D eigenvalue weighted by atomic mass is 10.2. The molecule has 3 nitrogen and oxygen atoms in total. The molecule has 2 aromatic carbocycles. The van der Waals surface area contributed by atoms with Crippen LogP contribution in [-0.2, 0) is 0 Å². The Morgan fingerprint density at radius 1 is 1.22 bits per heavy atom. The van der Waals surface area contributed by atoms with Gasteiger partial charge in [0.15, 0.2) is 0 Å². The molecule has 5 heteroatoms. The molecule has 0 bridgehead atoms. The molecule has 0 aromatic heterocycles. The highest BCUT2D eigenvalue weighted by Gasteiger charge is 2.08. The van der Waals surface area contributed by atoms with Crippen molar-refractivity contribution in [2.45, 2.75) is 0 Å². The second-order valence-corrected chi connectivity index (χ2v) is 4.11. The number of para-hydroxylation sites is 1. The van der Waals surface area contributed by atoms with Crippen molar-refractivity contribution in [1.29, 1.82) is 0 Å². The smallest absolute Gasteiger partial charge is 0.148 e. The molecule has 0 fully saturated rings. The van der Waals surface area contributed by atoms with Crippen molar-refractivity contribution in [3.05, 3.63) is 47.2 Å². The number of anilines is 3. The van der Waals surface area contributed by atoms with E-state index in [1.165, 1.54) is 6.07 Å². The predicted molar refractivity (Wildman–Crippen MR) is 72.1 cm³/mol. The molecule has 0 spiro atoms. The molecule has 0 amide bonds. The average Bonchev–Trinajstić information content (AvgIpc) is 2.35. The van der Waals surface area contributed by atoms with Crippen LogP contribution in [0.4, 0.5) is 21.5 Å². The molecule has 0 saturated carbocycles. The quantitative estimate of drug-likeness (QED) is 0.831. The summed E-state index contributed by atoms with van der Waals surface area (Å²) < 4.78 is 18.5. The number of ether oxygens (including phenoxy) is 1. The Kier molecular flexibility index (Phi) is 3.58. The van der Waals surface area contributed by atoms with Gasteiger partial charge in [0.2, 0.25) is 0 Å². The molecule has 94 valence electrons. The van der Waals surface area contributed by atoms with Crippen LogP contribution in [0.3, 0.4) is 0 Å². The van der Waals surface area contributed by atoms with E-state index >= 15 is 0 Å². The van der Waals surface area contributed by atoms with Gasteiger partial charge in [-0.1, -0.05) is 17.7 Å². The molecule has 0 saturated heterocycles. The van der Waals surface area contributed by atoms with E-state index in [0.29, 0.717) is 22.1 Å². The van der Waals surface area contributed by atoms with E-state index in [1.54, 1.807) is 37.4 Å². The summed E-state index contributed by atoms with van der Waals surface area (Å²) in [4.78, 5) is 0. The number of benzene rings is 2. The van der Waals surface area contributed by atoms with Gasteiger partial charge in [0, 0.05) is 5.02 Å². The van der Waals surface area contributed by atoms with E-state index in [1.807, 2.05) is 0 Å². The van der Waals surface area contributed by atoms with Gasteiger partial charge in [-0.2, -0.15) is 0 Å². The third-order valence-corrected chi connectivity index (χ3v) is 2.72. The lowest BCUT2D eigenvalue weighted by molar-refractivity contribution is 0.417. The van der Waals surface area contributed by atoms with E-state index in [2.05, 4.69) is 5.32 Å². The van der Waals surface area contributed by atoms with Crippen molar-refractivity contribution in [3.8, 4) is 5.75 Å². The lowest BCUT2D eigenvalue weighted by Crippen LogP contribution is -2.00. The number of halogens is 2. The van der Waals surface area contributed by atoms with Crippen LogP contribution in [0.1, 0.15) is 0 Å². The molecule has 0 aliphatic rings. The molecular weight excluding hydrogens is 255 g/mol. The SMILES string of the molecule is COc1ccc(Cl)cc1Nc1cccc(F)c1N. The maximum Gasteiger partial charge on any atom is 0.148 e. The molecule has 0 radical (unpaired) electrons. The van der Waals surface area contributed by atoms with Gasteiger partial charge in [-0.05, 0) is 30.3 Å². The van der Waals surface area contributed by atoms with Crippen LogP contribution in [0.15, 0.2) is 36.4 Å². The van der Waals surface area contributed by atoms with Crippen LogP contribution >= 0.6 is 11.6 Å². The second-order valence-electron chi connectivity index (χ2n) is 3.67. The number of hydrogen-bond donors (Lipinski definition) is 2.